The van der Waals surface area contributed by atoms with Crippen LogP contribution < -0.4 is 0 Å². The minimum Gasteiger partial charge on any atom is -0.466 e. The molecule has 1 aliphatic heterocycles. The van der Waals surface area contributed by atoms with Crippen molar-refractivity contribution in [2.75, 3.05) is 7.11 Å². The second kappa shape index (κ2) is 3.54. The molecule has 94 valence electrons. The molecule has 2 nitrogen and oxygen atoms in total. The van der Waals surface area contributed by atoms with Gasteiger partial charge in [0.05, 0.1) is 6.42 Å². The molecule has 0 spiro atoms. The number of ether oxygens (including phenoxy) is 2. The molecular weight excluding hydrogens is 242 g/mol. The van der Waals surface area contributed by atoms with Crippen molar-refractivity contribution in [3.63, 3.8) is 0 Å². The fraction of sp³-hybridized carbons (Fsp3) is 0.750. The molecule has 0 radical (unpaired) electrons. The van der Waals surface area contributed by atoms with Crippen molar-refractivity contribution in [2.24, 2.45) is 0 Å². The monoisotopic (exact) mass is 250 g/mol. The van der Waals surface area contributed by atoms with Gasteiger partial charge in [-0.2, -0.15) is 26.3 Å². The molecule has 0 aliphatic carbocycles. The highest BCUT2D eigenvalue weighted by atomic mass is 19.4. The predicted molar refractivity (Wildman–Crippen MR) is 40.3 cm³/mol. The Morgan fingerprint density at radius 1 is 1.19 bits per heavy atom. The van der Waals surface area contributed by atoms with Crippen LogP contribution in [0.3, 0.4) is 0 Å². The Hall–Kier alpha value is -0.920. The molecule has 8 heteroatoms. The SMILES string of the molecule is COC1(C)CC(=C(C(F)(F)F)C(F)(F)F)O1. The van der Waals surface area contributed by atoms with Crippen molar-refractivity contribution in [1.82, 2.24) is 0 Å². The highest BCUT2D eigenvalue weighted by Crippen LogP contribution is 2.48. The first-order valence-corrected chi connectivity index (χ1v) is 4.11. The minimum atomic E-state index is -5.48. The summed E-state index contributed by atoms with van der Waals surface area (Å²) in [7, 11) is 1.14. The summed E-state index contributed by atoms with van der Waals surface area (Å²) >= 11 is 0. The Labute approximate surface area is 86.8 Å². The Morgan fingerprint density at radius 2 is 1.56 bits per heavy atom. The quantitative estimate of drug-likeness (QED) is 0.665. The lowest BCUT2D eigenvalue weighted by Crippen LogP contribution is -2.44. The van der Waals surface area contributed by atoms with Crippen LogP contribution in [-0.4, -0.2) is 25.2 Å². The minimum absolute atomic E-state index is 0.558. The van der Waals surface area contributed by atoms with E-state index in [-0.39, 0.29) is 0 Å². The van der Waals surface area contributed by atoms with Crippen LogP contribution in [0.5, 0.6) is 0 Å². The fourth-order valence-electron chi connectivity index (χ4n) is 1.27. The first-order chi connectivity index (χ1) is 6.99. The molecule has 1 saturated heterocycles. The number of hydrogen-bond acceptors (Lipinski definition) is 2. The lowest BCUT2D eigenvalue weighted by Gasteiger charge is -2.41. The third kappa shape index (κ3) is 2.42. The second-order valence-electron chi connectivity index (χ2n) is 3.41. The van der Waals surface area contributed by atoms with E-state index in [0.717, 1.165) is 7.11 Å². The second-order valence-corrected chi connectivity index (χ2v) is 3.41. The van der Waals surface area contributed by atoms with Crippen molar-refractivity contribution in [3.05, 3.63) is 11.3 Å². The van der Waals surface area contributed by atoms with Gasteiger partial charge in [-0.1, -0.05) is 0 Å². The molecule has 0 aromatic rings. The maximum Gasteiger partial charge on any atom is 0.424 e. The van der Waals surface area contributed by atoms with E-state index in [2.05, 4.69) is 9.47 Å². The largest absolute Gasteiger partial charge is 0.466 e. The van der Waals surface area contributed by atoms with Gasteiger partial charge < -0.3 is 9.47 Å². The summed E-state index contributed by atoms with van der Waals surface area (Å²) in [5, 5.41) is 0. The molecule has 16 heavy (non-hydrogen) atoms. The van der Waals surface area contributed by atoms with Gasteiger partial charge in [-0.15, -0.1) is 0 Å². The molecule has 0 saturated carbocycles. The van der Waals surface area contributed by atoms with Gasteiger partial charge >= 0.3 is 12.4 Å². The number of alkyl halides is 6. The highest BCUT2D eigenvalue weighted by Gasteiger charge is 2.57. The fourth-order valence-corrected chi connectivity index (χ4v) is 1.27. The molecule has 1 rings (SSSR count). The Bertz CT molecular complexity index is 289. The smallest absolute Gasteiger partial charge is 0.424 e. The van der Waals surface area contributed by atoms with Crippen LogP contribution in [0.2, 0.25) is 0 Å². The highest BCUT2D eigenvalue weighted by molar-refractivity contribution is 5.24. The average Bonchev–Trinajstić information content (AvgIpc) is 1.95. The molecule has 0 aromatic carbocycles. The summed E-state index contributed by atoms with van der Waals surface area (Å²) in [6, 6.07) is 0. The summed E-state index contributed by atoms with van der Waals surface area (Å²) in [4.78, 5) is 0. The van der Waals surface area contributed by atoms with Gasteiger partial charge in [0.25, 0.3) is 0 Å². The zero-order chi connectivity index (χ0) is 12.8. The van der Waals surface area contributed by atoms with Gasteiger partial charge in [0, 0.05) is 14.0 Å². The number of allylic oxidation sites excluding steroid dienone is 1. The maximum atomic E-state index is 12.1. The lowest BCUT2D eigenvalue weighted by atomic mass is 10.0. The molecule has 0 bridgehead atoms. The van der Waals surface area contributed by atoms with Crippen LogP contribution in [0.15, 0.2) is 11.3 Å². The normalized spacial score (nSPS) is 26.1. The third-order valence-corrected chi connectivity index (χ3v) is 2.10. The Morgan fingerprint density at radius 3 is 1.81 bits per heavy atom. The lowest BCUT2D eigenvalue weighted by molar-refractivity contribution is -0.258. The van der Waals surface area contributed by atoms with Crippen LogP contribution in [0.4, 0.5) is 26.3 Å². The van der Waals surface area contributed by atoms with Crippen molar-refractivity contribution in [3.8, 4) is 0 Å². The summed E-state index contributed by atoms with van der Waals surface area (Å²) in [5.74, 6) is -2.54. The third-order valence-electron chi connectivity index (χ3n) is 2.10. The molecule has 1 heterocycles. The van der Waals surface area contributed by atoms with Crippen molar-refractivity contribution in [1.29, 1.82) is 0 Å². The van der Waals surface area contributed by atoms with E-state index in [4.69, 9.17) is 0 Å². The van der Waals surface area contributed by atoms with Gasteiger partial charge in [-0.25, -0.2) is 0 Å². The van der Waals surface area contributed by atoms with E-state index in [0.29, 0.717) is 0 Å². The zero-order valence-electron chi connectivity index (χ0n) is 8.29. The van der Waals surface area contributed by atoms with Crippen LogP contribution in [0.25, 0.3) is 0 Å². The molecule has 0 amide bonds. The van der Waals surface area contributed by atoms with Crippen LogP contribution in [-0.2, 0) is 9.47 Å². The van der Waals surface area contributed by atoms with E-state index in [9.17, 15) is 26.3 Å². The summed E-state index contributed by atoms with van der Waals surface area (Å²) in [5.41, 5.74) is -2.60. The molecule has 1 aliphatic rings. The van der Waals surface area contributed by atoms with Gasteiger partial charge in [0.1, 0.15) is 5.76 Å². The van der Waals surface area contributed by atoms with Gasteiger partial charge in [-0.3, -0.25) is 0 Å². The average molecular weight is 250 g/mol. The topological polar surface area (TPSA) is 18.5 Å². The van der Waals surface area contributed by atoms with E-state index in [1.54, 1.807) is 0 Å². The van der Waals surface area contributed by atoms with E-state index >= 15 is 0 Å². The van der Waals surface area contributed by atoms with E-state index in [1.807, 2.05) is 0 Å². The predicted octanol–water partition coefficient (Wildman–Crippen LogP) is 3.15. The summed E-state index contributed by atoms with van der Waals surface area (Å²) in [6.45, 7) is 1.25. The summed E-state index contributed by atoms with van der Waals surface area (Å²) in [6.07, 6.45) is -11.5. The Kier molecular flexibility index (Phi) is 2.91. The van der Waals surface area contributed by atoms with Gasteiger partial charge in [0.15, 0.2) is 5.57 Å². The number of hydrogen-bond donors (Lipinski definition) is 0. The van der Waals surface area contributed by atoms with Gasteiger partial charge in [0.2, 0.25) is 5.79 Å². The van der Waals surface area contributed by atoms with Crippen LogP contribution >= 0.6 is 0 Å². The number of halogens is 6. The van der Waals surface area contributed by atoms with Crippen molar-refractivity contribution in [2.45, 2.75) is 31.5 Å². The van der Waals surface area contributed by atoms with E-state index < -0.39 is 35.9 Å². The molecular formula is C8H8F6O2. The standard InChI is InChI=1S/C8H8F6O2/c1-6(15-2)3-4(16-6)5(7(9,10)11)8(12,13)14/h3H2,1-2H3. The summed E-state index contributed by atoms with van der Waals surface area (Å²) < 4.78 is 81.9. The van der Waals surface area contributed by atoms with Crippen molar-refractivity contribution < 1.29 is 35.8 Å². The molecule has 0 N–H and O–H groups in total. The van der Waals surface area contributed by atoms with Crippen LogP contribution in [0, 0.1) is 0 Å². The maximum absolute atomic E-state index is 12.1. The zero-order valence-corrected chi connectivity index (χ0v) is 8.29. The molecule has 1 unspecified atom stereocenters. The molecule has 0 aromatic heterocycles. The van der Waals surface area contributed by atoms with Crippen LogP contribution in [0.1, 0.15) is 13.3 Å². The first kappa shape index (κ1) is 13.1. The first-order valence-electron chi connectivity index (χ1n) is 4.11. The van der Waals surface area contributed by atoms with Gasteiger partial charge in [-0.05, 0) is 0 Å². The van der Waals surface area contributed by atoms with Crippen molar-refractivity contribution >= 4 is 0 Å². The molecule has 1 fully saturated rings. The Balaban J connectivity index is 3.03. The number of rotatable bonds is 1. The van der Waals surface area contributed by atoms with E-state index in [1.165, 1.54) is 6.92 Å². The molecule has 1 atom stereocenters. The number of methoxy groups -OCH3 is 1.